The first kappa shape index (κ1) is 11.8. The fourth-order valence-electron chi connectivity index (χ4n) is 0.995. The second-order valence-electron chi connectivity index (χ2n) is 2.93. The van der Waals surface area contributed by atoms with Gasteiger partial charge in [-0.3, -0.25) is 0 Å². The first-order valence-electron chi connectivity index (χ1n) is 3.97. The van der Waals surface area contributed by atoms with Crippen LogP contribution in [0.15, 0.2) is 18.2 Å². The van der Waals surface area contributed by atoms with Gasteiger partial charge in [0.25, 0.3) is 0 Å². The maximum atomic E-state index is 10.9. The van der Waals surface area contributed by atoms with Gasteiger partial charge in [0, 0.05) is 0 Å². The molecule has 6 nitrogen and oxygen atoms in total. The molecule has 7 heteroatoms. The molecule has 1 aromatic carbocycles. The van der Waals surface area contributed by atoms with Gasteiger partial charge < -0.3 is 0 Å². The molecule has 0 saturated heterocycles. The van der Waals surface area contributed by atoms with E-state index in [-0.39, 0.29) is 18.6 Å². The van der Waals surface area contributed by atoms with Crippen LogP contribution in [0.1, 0.15) is 9.78 Å². The van der Waals surface area contributed by atoms with E-state index in [1.807, 2.05) is 0 Å². The van der Waals surface area contributed by atoms with Gasteiger partial charge in [-0.2, -0.15) is 0 Å². The van der Waals surface area contributed by atoms with Crippen molar-refractivity contribution in [1.29, 1.82) is 0 Å². The van der Waals surface area contributed by atoms with Gasteiger partial charge in [0.2, 0.25) is 0 Å². The van der Waals surface area contributed by atoms with E-state index in [4.69, 9.17) is 8.19 Å². The van der Waals surface area contributed by atoms with Crippen LogP contribution < -0.4 is 9.67 Å². The van der Waals surface area contributed by atoms with E-state index in [0.717, 1.165) is 18.2 Å². The zero-order valence-corrected chi connectivity index (χ0v) is 9.71. The molecule has 4 N–H and O–H groups in total. The molecule has 15 heavy (non-hydrogen) atoms. The third-order valence-electron chi connectivity index (χ3n) is 1.63. The normalized spacial score (nSPS) is 11.1. The second kappa shape index (κ2) is 4.10. The van der Waals surface area contributed by atoms with E-state index >= 15 is 0 Å². The van der Waals surface area contributed by atoms with E-state index in [9.17, 15) is 13.6 Å². The number of aromatic hydroxyl groups is 1. The Labute approximate surface area is 91.5 Å². The molecule has 1 amide bonds. The minimum absolute atomic E-state index is 0. The van der Waals surface area contributed by atoms with Crippen molar-refractivity contribution in [2.75, 3.05) is 5.32 Å². The molecule has 0 aliphatic rings. The SMILES string of the molecule is CC(=O)Nc1cc([As](=O)(O)O)ccc1O.[H+].[H+]. The molecule has 0 atom stereocenters. The van der Waals surface area contributed by atoms with Gasteiger partial charge >= 0.3 is 91.0 Å². The number of anilines is 1. The number of phenolic OH excluding ortho intramolecular Hbond substituents is 1. The van der Waals surface area contributed by atoms with Crippen molar-refractivity contribution < 1.29 is 24.7 Å². The van der Waals surface area contributed by atoms with Crippen molar-refractivity contribution >= 4 is 30.1 Å². The Morgan fingerprint density at radius 1 is 1.47 bits per heavy atom. The molecule has 0 spiro atoms. The summed E-state index contributed by atoms with van der Waals surface area (Å²) in [6, 6.07) is 3.32. The number of hydrogen-bond donors (Lipinski definition) is 4. The smallest absolute Gasteiger partial charge is 1.00 e. The Kier molecular flexibility index (Phi) is 3.24. The number of hydrogen-bond acceptors (Lipinski definition) is 3. The van der Waals surface area contributed by atoms with Crippen LogP contribution in [-0.2, 0) is 8.53 Å². The average Bonchev–Trinajstić information content (AvgIpc) is 2.06. The topological polar surface area (TPSA) is 107 Å². The Hall–Kier alpha value is -1.23. The largest absolute Gasteiger partial charge is 1.00 e. The fourth-order valence-corrected chi connectivity index (χ4v) is 2.18. The van der Waals surface area contributed by atoms with Crippen molar-refractivity contribution in [2.45, 2.75) is 6.92 Å². The Morgan fingerprint density at radius 3 is 2.53 bits per heavy atom. The second-order valence-corrected chi connectivity index (χ2v) is 6.29. The minimum Gasteiger partial charge on any atom is 1.00 e. The molecule has 0 radical (unpaired) electrons. The van der Waals surface area contributed by atoms with Crippen LogP contribution in [-0.4, -0.2) is 33.4 Å². The quantitative estimate of drug-likeness (QED) is 0.415. The summed E-state index contributed by atoms with van der Waals surface area (Å²) in [4.78, 5) is 10.7. The summed E-state index contributed by atoms with van der Waals surface area (Å²) in [5, 5.41) is 11.6. The zero-order valence-electron chi connectivity index (χ0n) is 9.84. The Bertz CT molecular complexity index is 448. The summed E-state index contributed by atoms with van der Waals surface area (Å²) >= 11 is -4.98. The molecule has 0 aliphatic heterocycles. The van der Waals surface area contributed by atoms with E-state index in [2.05, 4.69) is 5.32 Å². The molecule has 0 unspecified atom stereocenters. The number of rotatable bonds is 2. The first-order valence-corrected chi connectivity index (χ1v) is 7.35. The van der Waals surface area contributed by atoms with E-state index in [1.165, 1.54) is 6.92 Å². The van der Waals surface area contributed by atoms with Crippen molar-refractivity contribution in [1.82, 2.24) is 0 Å². The molecule has 0 fully saturated rings. The van der Waals surface area contributed by atoms with Crippen molar-refractivity contribution in [3.63, 3.8) is 0 Å². The molecular weight excluding hydrogens is 265 g/mol. The molecule has 82 valence electrons. The van der Waals surface area contributed by atoms with Gasteiger partial charge in [-0.15, -0.1) is 0 Å². The summed E-state index contributed by atoms with van der Waals surface area (Å²) < 4.78 is 28.6. The monoisotopic (exact) mass is 277 g/mol. The maximum absolute atomic E-state index is 10.9. The van der Waals surface area contributed by atoms with Crippen LogP contribution in [0.2, 0.25) is 0 Å². The number of nitrogens with one attached hydrogen (secondary N) is 1. The van der Waals surface area contributed by atoms with E-state index in [0.29, 0.717) is 0 Å². The summed E-state index contributed by atoms with van der Waals surface area (Å²) in [7, 11) is 0. The molecule has 1 aromatic rings. The van der Waals surface area contributed by atoms with Gasteiger partial charge in [-0.05, 0) is 0 Å². The third-order valence-corrected chi connectivity index (χ3v) is 3.62. The standard InChI is InChI=1S/C8H10AsNO5/c1-5(11)10-7-4-6(9(13,14)15)2-3-8(7)12/h2-4,12H,1H3,(H,10,11)(H2,13,14,15)/p+2. The average molecular weight is 277 g/mol. The van der Waals surface area contributed by atoms with Gasteiger partial charge in [0.05, 0.1) is 0 Å². The van der Waals surface area contributed by atoms with Crippen LogP contribution >= 0.6 is 0 Å². The van der Waals surface area contributed by atoms with Gasteiger partial charge in [-0.1, -0.05) is 0 Å². The van der Waals surface area contributed by atoms with Gasteiger partial charge in [-0.25, -0.2) is 0 Å². The first-order chi connectivity index (χ1) is 6.80. The summed E-state index contributed by atoms with van der Waals surface area (Å²) in [6.45, 7) is 1.23. The summed E-state index contributed by atoms with van der Waals surface area (Å²) in [5.74, 6) is -0.668. The molecule has 0 bridgehead atoms. The number of carbonyl (C=O) groups excluding carboxylic acids is 1. The van der Waals surface area contributed by atoms with Crippen LogP contribution in [0.5, 0.6) is 5.75 Å². The van der Waals surface area contributed by atoms with Gasteiger partial charge in [0.15, 0.2) is 0 Å². The number of phenols is 1. The van der Waals surface area contributed by atoms with Crippen LogP contribution in [0.3, 0.4) is 0 Å². The van der Waals surface area contributed by atoms with Crippen LogP contribution in [0.25, 0.3) is 0 Å². The zero-order chi connectivity index (χ0) is 11.6. The molecular formula is C8H12AsNO5+2. The Balaban J connectivity index is 0. The summed E-state index contributed by atoms with van der Waals surface area (Å²) in [6.07, 6.45) is 0. The predicted molar refractivity (Wildman–Crippen MR) is 55.1 cm³/mol. The molecule has 0 aromatic heterocycles. The van der Waals surface area contributed by atoms with E-state index < -0.39 is 20.1 Å². The molecule has 0 saturated carbocycles. The Morgan fingerprint density at radius 2 is 2.07 bits per heavy atom. The third kappa shape index (κ3) is 3.12. The molecule has 0 heterocycles. The maximum Gasteiger partial charge on any atom is 1.00 e. The van der Waals surface area contributed by atoms with Crippen molar-refractivity contribution in [2.24, 2.45) is 0 Å². The molecule has 0 aliphatic carbocycles. The number of benzene rings is 1. The summed E-state index contributed by atoms with van der Waals surface area (Å²) in [5.41, 5.74) is -0.00951. The molecule has 1 rings (SSSR count). The predicted octanol–water partition coefficient (Wildman–Crippen LogP) is -0.863. The van der Waals surface area contributed by atoms with Crippen LogP contribution in [0.4, 0.5) is 5.69 Å². The van der Waals surface area contributed by atoms with E-state index in [1.54, 1.807) is 0 Å². The van der Waals surface area contributed by atoms with Crippen molar-refractivity contribution in [3.05, 3.63) is 18.2 Å². The number of carbonyl (C=O) groups is 1. The van der Waals surface area contributed by atoms with Gasteiger partial charge in [0.1, 0.15) is 0 Å². The minimum atomic E-state index is -4.98. The number of amides is 1. The fraction of sp³-hybridized carbons (Fsp3) is 0.125. The van der Waals surface area contributed by atoms with Crippen LogP contribution in [0, 0.1) is 0 Å². The van der Waals surface area contributed by atoms with Crippen molar-refractivity contribution in [3.8, 4) is 5.75 Å².